The van der Waals surface area contributed by atoms with E-state index in [1.165, 1.54) is 25.7 Å². The van der Waals surface area contributed by atoms with Crippen molar-refractivity contribution < 1.29 is 47.2 Å². The van der Waals surface area contributed by atoms with E-state index in [-0.39, 0.29) is 26.1 Å². The number of quaternary nitrogens is 1. The Kier molecular flexibility index (Phi) is 38.4. The highest BCUT2D eigenvalue weighted by atomic mass is 31.2. The Hall–Kier alpha value is -3.37. The summed E-state index contributed by atoms with van der Waals surface area (Å²) in [7, 11) is 1.38. The summed E-state index contributed by atoms with van der Waals surface area (Å²) in [5.74, 6) is -0.955. The van der Waals surface area contributed by atoms with E-state index in [0.717, 1.165) is 64.2 Å². The minimum atomic E-state index is -4.42. The molecule has 0 aromatic heterocycles. The van der Waals surface area contributed by atoms with Gasteiger partial charge in [-0.25, -0.2) is 4.57 Å². The molecule has 0 amide bonds. The van der Waals surface area contributed by atoms with Crippen LogP contribution < -0.4 is 0 Å². The van der Waals surface area contributed by atoms with Crippen molar-refractivity contribution in [2.75, 3.05) is 47.5 Å². The lowest BCUT2D eigenvalue weighted by atomic mass is 10.1. The molecule has 0 heterocycles. The molecule has 0 aliphatic carbocycles. The third kappa shape index (κ3) is 44.5. The number of hydrogen-bond acceptors (Lipinski definition) is 8. The van der Waals surface area contributed by atoms with Crippen LogP contribution in [0.25, 0.3) is 0 Å². The molecular formula is C50H83NO9P+. The number of rotatable bonds is 39. The molecule has 2 N–H and O–H groups in total. The first-order chi connectivity index (χ1) is 29.4. The minimum Gasteiger partial charge on any atom is -0.462 e. The zero-order valence-corrected chi connectivity index (χ0v) is 39.4. The van der Waals surface area contributed by atoms with Gasteiger partial charge in [-0.2, -0.15) is 0 Å². The number of unbranched alkanes of at least 4 members (excludes halogenated alkanes) is 7. The molecule has 0 bridgehead atoms. The Bertz CT molecular complexity index is 1420. The van der Waals surface area contributed by atoms with Crippen LogP contribution in [-0.4, -0.2) is 86.1 Å². The molecule has 0 aliphatic heterocycles. The van der Waals surface area contributed by atoms with Gasteiger partial charge in [0.05, 0.1) is 33.9 Å². The van der Waals surface area contributed by atoms with Crippen molar-refractivity contribution in [3.63, 3.8) is 0 Å². The fraction of sp³-hybridized carbons (Fsp3) is 0.600. The highest BCUT2D eigenvalue weighted by Crippen LogP contribution is 2.43. The number of aliphatic hydroxyl groups is 1. The molecule has 11 heteroatoms. The lowest BCUT2D eigenvalue weighted by molar-refractivity contribution is -0.870. The largest absolute Gasteiger partial charge is 0.472 e. The number of allylic oxidation sites excluding steroid dienone is 16. The van der Waals surface area contributed by atoms with E-state index in [4.69, 9.17) is 18.5 Å². The number of likely N-dealkylation sites (N-methyl/N-ethyl adjacent to an activating group) is 1. The Morgan fingerprint density at radius 1 is 0.607 bits per heavy atom. The molecule has 346 valence electrons. The van der Waals surface area contributed by atoms with Crippen LogP contribution in [0.1, 0.15) is 136 Å². The fourth-order valence-corrected chi connectivity index (χ4v) is 6.05. The Morgan fingerprint density at radius 2 is 1.16 bits per heavy atom. The summed E-state index contributed by atoms with van der Waals surface area (Å²) < 4.78 is 34.2. The first-order valence-corrected chi connectivity index (χ1v) is 24.2. The van der Waals surface area contributed by atoms with Crippen LogP contribution in [0.4, 0.5) is 0 Å². The molecular weight excluding hydrogens is 790 g/mol. The van der Waals surface area contributed by atoms with E-state index in [1.807, 2.05) is 63.7 Å². The van der Waals surface area contributed by atoms with E-state index >= 15 is 0 Å². The highest BCUT2D eigenvalue weighted by molar-refractivity contribution is 7.47. The van der Waals surface area contributed by atoms with Gasteiger partial charge in [-0.3, -0.25) is 18.6 Å². The van der Waals surface area contributed by atoms with E-state index in [2.05, 4.69) is 74.6 Å². The van der Waals surface area contributed by atoms with E-state index < -0.39 is 38.6 Å². The first kappa shape index (κ1) is 57.6. The van der Waals surface area contributed by atoms with Crippen molar-refractivity contribution in [2.24, 2.45) is 0 Å². The summed E-state index contributed by atoms with van der Waals surface area (Å²) in [4.78, 5) is 35.4. The maximum atomic E-state index is 12.7. The van der Waals surface area contributed by atoms with E-state index in [9.17, 15) is 24.2 Å². The number of carbonyl (C=O) groups is 2. The molecule has 10 nitrogen and oxygen atoms in total. The molecule has 61 heavy (non-hydrogen) atoms. The van der Waals surface area contributed by atoms with Gasteiger partial charge in [-0.05, 0) is 83.5 Å². The summed E-state index contributed by atoms with van der Waals surface area (Å²) in [5, 5.41) is 9.85. The van der Waals surface area contributed by atoms with Gasteiger partial charge in [0.2, 0.25) is 0 Å². The average Bonchev–Trinajstić information content (AvgIpc) is 3.21. The maximum Gasteiger partial charge on any atom is 0.472 e. The topological polar surface area (TPSA) is 129 Å². The standard InChI is InChI=1S/C50H82NO9P/c1-6-8-10-11-12-13-14-15-16-17-18-21-25-28-31-34-38-42-50(54)60-48(46-59-61(55,56)58-44-43-51(3,4)5)45-57-49(53)41-37-33-30-27-24-22-19-20-23-26-29-32-36-40-47(52)39-35-9-7-2/h9,12-13,15-16,18,20-24,29-30,32-33,35-36,40,47-48,52H,6-8,10-11,14,17,19,25-28,31,34,37-39,41-46H2,1-5H3/p+1/b13-12-,16-15-,21-18-,23-20-,24-22-,32-29+,33-30-,35-9-,40-36+/t47?,48-/m1/s1. The number of carbonyl (C=O) groups excluding carboxylic acids is 2. The maximum absolute atomic E-state index is 12.7. The normalized spacial score (nSPS) is 15.1. The third-order valence-electron chi connectivity index (χ3n) is 8.88. The molecule has 0 aromatic rings. The van der Waals surface area contributed by atoms with E-state index in [1.54, 1.807) is 6.08 Å². The molecule has 0 saturated heterocycles. The van der Waals surface area contributed by atoms with Crippen LogP contribution in [-0.2, 0) is 32.7 Å². The van der Waals surface area contributed by atoms with Crippen molar-refractivity contribution in [1.82, 2.24) is 0 Å². The Balaban J connectivity index is 4.57. The second-order valence-electron chi connectivity index (χ2n) is 15.9. The number of phosphoric acid groups is 1. The third-order valence-corrected chi connectivity index (χ3v) is 9.87. The van der Waals surface area contributed by atoms with Crippen LogP contribution in [0, 0.1) is 0 Å². The number of phosphoric ester groups is 1. The van der Waals surface area contributed by atoms with Gasteiger partial charge < -0.3 is 24.0 Å². The van der Waals surface area contributed by atoms with Crippen molar-refractivity contribution in [3.05, 3.63) is 109 Å². The van der Waals surface area contributed by atoms with Gasteiger partial charge in [-0.1, -0.05) is 149 Å². The molecule has 0 rings (SSSR count). The van der Waals surface area contributed by atoms with Gasteiger partial charge in [0.25, 0.3) is 0 Å². The number of nitrogens with zero attached hydrogens (tertiary/aromatic N) is 1. The lowest BCUT2D eigenvalue weighted by Gasteiger charge is -2.24. The van der Waals surface area contributed by atoms with Gasteiger partial charge in [-0.15, -0.1) is 0 Å². The fourth-order valence-electron chi connectivity index (χ4n) is 5.30. The second kappa shape index (κ2) is 40.7. The van der Waals surface area contributed by atoms with Crippen LogP contribution >= 0.6 is 7.82 Å². The zero-order valence-electron chi connectivity index (χ0n) is 38.5. The van der Waals surface area contributed by atoms with Crippen molar-refractivity contribution in [3.8, 4) is 0 Å². The summed E-state index contributed by atoms with van der Waals surface area (Å²) in [5.41, 5.74) is 0. The number of aliphatic hydroxyl groups excluding tert-OH is 1. The zero-order chi connectivity index (χ0) is 45.1. The van der Waals surface area contributed by atoms with Crippen molar-refractivity contribution >= 4 is 19.8 Å². The first-order valence-electron chi connectivity index (χ1n) is 22.7. The van der Waals surface area contributed by atoms with Gasteiger partial charge in [0.15, 0.2) is 6.10 Å². The molecule has 0 spiro atoms. The molecule has 2 unspecified atom stereocenters. The van der Waals surface area contributed by atoms with Crippen LogP contribution in [0.15, 0.2) is 109 Å². The molecule has 0 aromatic carbocycles. The van der Waals surface area contributed by atoms with Gasteiger partial charge >= 0.3 is 19.8 Å². The monoisotopic (exact) mass is 873 g/mol. The molecule has 0 aliphatic rings. The lowest BCUT2D eigenvalue weighted by Crippen LogP contribution is -2.37. The van der Waals surface area contributed by atoms with Crippen LogP contribution in [0.3, 0.4) is 0 Å². The average molecular weight is 873 g/mol. The minimum absolute atomic E-state index is 0.00267. The predicted molar refractivity (Wildman–Crippen MR) is 253 cm³/mol. The molecule has 3 atom stereocenters. The second-order valence-corrected chi connectivity index (χ2v) is 17.3. The Morgan fingerprint density at radius 3 is 1.75 bits per heavy atom. The summed E-state index contributed by atoms with van der Waals surface area (Å²) in [6, 6.07) is 0. The summed E-state index contributed by atoms with van der Waals surface area (Å²) >= 11 is 0. The molecule has 0 fully saturated rings. The predicted octanol–water partition coefficient (Wildman–Crippen LogP) is 12.1. The molecule has 0 radical (unpaired) electrons. The van der Waals surface area contributed by atoms with Gasteiger partial charge in [0.1, 0.15) is 19.8 Å². The molecule has 0 saturated carbocycles. The summed E-state index contributed by atoms with van der Waals surface area (Å²) in [6.45, 7) is 4.03. The number of hydrogen-bond donors (Lipinski definition) is 2. The van der Waals surface area contributed by atoms with Crippen molar-refractivity contribution in [2.45, 2.75) is 148 Å². The summed E-state index contributed by atoms with van der Waals surface area (Å²) in [6.07, 6.45) is 51.9. The SMILES string of the molecule is CC/C=C\CC(O)/C=C/C=C/C/C=C\C/C=C\C/C=C\CCC(=O)OC[C@H](COP(=O)(O)OCC[N+](C)(C)C)OC(=O)CCCCCC/C=C\C/C=C\C/C=C\CCCCC. The number of ether oxygens (including phenoxy) is 2. The van der Waals surface area contributed by atoms with E-state index in [0.29, 0.717) is 30.3 Å². The quantitative estimate of drug-likeness (QED) is 0.0155. The van der Waals surface area contributed by atoms with Crippen LogP contribution in [0.2, 0.25) is 0 Å². The Labute approximate surface area is 370 Å². The van der Waals surface area contributed by atoms with Crippen molar-refractivity contribution in [1.29, 1.82) is 0 Å². The smallest absolute Gasteiger partial charge is 0.462 e. The van der Waals surface area contributed by atoms with Crippen LogP contribution in [0.5, 0.6) is 0 Å². The van der Waals surface area contributed by atoms with Gasteiger partial charge in [0, 0.05) is 12.8 Å². The number of esters is 2. The highest BCUT2D eigenvalue weighted by Gasteiger charge is 2.27.